The molecular formula is C21H22ClN5O3S. The Morgan fingerprint density at radius 2 is 2.00 bits per heavy atom. The van der Waals surface area contributed by atoms with Gasteiger partial charge in [0.05, 0.1) is 31.0 Å². The normalized spacial score (nSPS) is 21.2. The van der Waals surface area contributed by atoms with Crippen LogP contribution in [-0.2, 0) is 17.7 Å². The van der Waals surface area contributed by atoms with Crippen molar-refractivity contribution in [1.29, 1.82) is 0 Å². The summed E-state index contributed by atoms with van der Waals surface area (Å²) in [5, 5.41) is 7.89. The molecule has 0 bridgehead atoms. The Balaban J connectivity index is 1.25. The van der Waals surface area contributed by atoms with Gasteiger partial charge < -0.3 is 25.3 Å². The van der Waals surface area contributed by atoms with Crippen LogP contribution in [0.5, 0.6) is 0 Å². The molecule has 8 nitrogen and oxygen atoms in total. The van der Waals surface area contributed by atoms with Crippen LogP contribution in [0.4, 0.5) is 0 Å². The fourth-order valence-corrected chi connectivity index (χ4v) is 5.23. The highest BCUT2D eigenvalue weighted by atomic mass is 35.5. The molecule has 4 heterocycles. The van der Waals surface area contributed by atoms with E-state index in [1.54, 1.807) is 18.2 Å². The van der Waals surface area contributed by atoms with Gasteiger partial charge in [0.25, 0.3) is 11.8 Å². The molecule has 2 aliphatic rings. The van der Waals surface area contributed by atoms with Crippen molar-refractivity contribution in [3.05, 3.63) is 50.6 Å². The van der Waals surface area contributed by atoms with Gasteiger partial charge in [-0.05, 0) is 31.3 Å². The van der Waals surface area contributed by atoms with Crippen LogP contribution in [-0.4, -0.2) is 65.6 Å². The number of halogens is 1. The van der Waals surface area contributed by atoms with E-state index >= 15 is 0 Å². The standard InChI is InChI=1S/C21H22ClN5O3S/c1-27-5-4-14-18(8-27)31-21(26-14)20(29)25-17-10-30-9-16(17)24-19(28)15-7-11-6-12(22)2-3-13(11)23-15/h2-3,6-7,16-17,23H,4-5,8-10H2,1H3,(H,24,28)(H,25,29)/t16-,17+/m0/s1. The zero-order valence-corrected chi connectivity index (χ0v) is 18.5. The van der Waals surface area contributed by atoms with Crippen molar-refractivity contribution in [1.82, 2.24) is 25.5 Å². The molecule has 0 radical (unpaired) electrons. The molecule has 2 aromatic heterocycles. The summed E-state index contributed by atoms with van der Waals surface area (Å²) in [6.07, 6.45) is 0.858. The number of aromatic amines is 1. The molecule has 2 amide bonds. The first kappa shape index (κ1) is 20.4. The van der Waals surface area contributed by atoms with Crippen molar-refractivity contribution in [2.45, 2.75) is 25.0 Å². The Morgan fingerprint density at radius 1 is 1.23 bits per heavy atom. The summed E-state index contributed by atoms with van der Waals surface area (Å²) in [5.74, 6) is -0.480. The fourth-order valence-electron chi connectivity index (χ4n) is 3.96. The van der Waals surface area contributed by atoms with Crippen LogP contribution >= 0.6 is 22.9 Å². The largest absolute Gasteiger partial charge is 0.377 e. The molecule has 2 aliphatic heterocycles. The van der Waals surface area contributed by atoms with E-state index in [1.807, 2.05) is 6.07 Å². The number of hydrogen-bond acceptors (Lipinski definition) is 6. The summed E-state index contributed by atoms with van der Waals surface area (Å²) in [4.78, 5) is 36.5. The molecule has 0 aliphatic carbocycles. The van der Waals surface area contributed by atoms with Crippen LogP contribution < -0.4 is 10.6 Å². The van der Waals surface area contributed by atoms with Crippen LogP contribution in [0.2, 0.25) is 5.02 Å². The van der Waals surface area contributed by atoms with Gasteiger partial charge in [0.1, 0.15) is 5.69 Å². The number of fused-ring (bicyclic) bond motifs is 2. The lowest BCUT2D eigenvalue weighted by Crippen LogP contribution is -2.51. The number of hydrogen-bond donors (Lipinski definition) is 3. The molecule has 1 fully saturated rings. The Bertz CT molecular complexity index is 1160. The molecule has 10 heteroatoms. The predicted molar refractivity (Wildman–Crippen MR) is 119 cm³/mol. The Morgan fingerprint density at radius 3 is 2.81 bits per heavy atom. The first-order valence-corrected chi connectivity index (χ1v) is 11.3. The maximum Gasteiger partial charge on any atom is 0.280 e. The molecule has 0 saturated carbocycles. The Labute approximate surface area is 187 Å². The monoisotopic (exact) mass is 459 g/mol. The van der Waals surface area contributed by atoms with Gasteiger partial charge in [-0.2, -0.15) is 0 Å². The summed E-state index contributed by atoms with van der Waals surface area (Å²) in [7, 11) is 2.06. The van der Waals surface area contributed by atoms with Gasteiger partial charge in [-0.1, -0.05) is 11.6 Å². The highest BCUT2D eigenvalue weighted by Gasteiger charge is 2.32. The molecule has 1 saturated heterocycles. The van der Waals surface area contributed by atoms with Gasteiger partial charge in [-0.15, -0.1) is 11.3 Å². The van der Waals surface area contributed by atoms with Crippen LogP contribution in [0.3, 0.4) is 0 Å². The lowest BCUT2D eigenvalue weighted by molar-refractivity contribution is 0.0894. The number of carbonyl (C=O) groups excluding carboxylic acids is 2. The summed E-state index contributed by atoms with van der Waals surface area (Å²) >= 11 is 7.46. The van der Waals surface area contributed by atoms with E-state index in [9.17, 15) is 9.59 Å². The van der Waals surface area contributed by atoms with Crippen molar-refractivity contribution < 1.29 is 14.3 Å². The second-order valence-electron chi connectivity index (χ2n) is 7.99. The van der Waals surface area contributed by atoms with Crippen molar-refractivity contribution in [3.8, 4) is 0 Å². The van der Waals surface area contributed by atoms with Crippen molar-refractivity contribution >= 4 is 45.7 Å². The van der Waals surface area contributed by atoms with E-state index in [0.717, 1.165) is 41.0 Å². The molecule has 5 rings (SSSR count). The summed E-state index contributed by atoms with van der Waals surface area (Å²) in [6, 6.07) is 6.52. The van der Waals surface area contributed by atoms with Gasteiger partial charge in [0.2, 0.25) is 0 Å². The average Bonchev–Trinajstić information content (AvgIpc) is 3.45. The number of amides is 2. The van der Waals surface area contributed by atoms with Crippen LogP contribution in [0.15, 0.2) is 24.3 Å². The number of carbonyl (C=O) groups is 2. The Kier molecular flexibility index (Phi) is 5.43. The highest BCUT2D eigenvalue weighted by molar-refractivity contribution is 7.13. The first-order valence-electron chi connectivity index (χ1n) is 10.1. The molecule has 3 N–H and O–H groups in total. The van der Waals surface area contributed by atoms with Crippen LogP contribution in [0.1, 0.15) is 30.9 Å². The molecule has 2 atom stereocenters. The van der Waals surface area contributed by atoms with Crippen molar-refractivity contribution in [2.24, 2.45) is 0 Å². The third-order valence-electron chi connectivity index (χ3n) is 5.66. The number of nitrogens with one attached hydrogen (secondary N) is 3. The maximum absolute atomic E-state index is 12.8. The van der Waals surface area contributed by atoms with Gasteiger partial charge in [-0.25, -0.2) is 4.98 Å². The molecular weight excluding hydrogens is 438 g/mol. The van der Waals surface area contributed by atoms with Crippen molar-refractivity contribution in [2.75, 3.05) is 26.8 Å². The number of thiazole rings is 1. The SMILES string of the molecule is CN1CCc2nc(C(=O)N[C@@H]3COC[C@@H]3NC(=O)c3cc4cc(Cl)ccc4[nH]3)sc2C1. The molecule has 0 unspecified atom stereocenters. The fraction of sp³-hybridized carbons (Fsp3) is 0.381. The molecule has 0 spiro atoms. The predicted octanol–water partition coefficient (Wildman–Crippen LogP) is 2.19. The van der Waals surface area contributed by atoms with E-state index in [4.69, 9.17) is 16.3 Å². The van der Waals surface area contributed by atoms with Gasteiger partial charge in [0.15, 0.2) is 5.01 Å². The minimum absolute atomic E-state index is 0.225. The summed E-state index contributed by atoms with van der Waals surface area (Å²) in [5.41, 5.74) is 2.28. The lowest BCUT2D eigenvalue weighted by Gasteiger charge is -2.20. The van der Waals surface area contributed by atoms with E-state index in [2.05, 4.69) is 32.5 Å². The number of aromatic nitrogens is 2. The third-order valence-corrected chi connectivity index (χ3v) is 6.97. The van der Waals surface area contributed by atoms with E-state index in [-0.39, 0.29) is 23.9 Å². The molecule has 31 heavy (non-hydrogen) atoms. The van der Waals surface area contributed by atoms with Gasteiger partial charge in [0, 0.05) is 40.3 Å². The summed E-state index contributed by atoms with van der Waals surface area (Å²) < 4.78 is 5.53. The lowest BCUT2D eigenvalue weighted by atomic mass is 10.1. The number of benzene rings is 1. The van der Waals surface area contributed by atoms with E-state index in [1.165, 1.54) is 11.3 Å². The molecule has 3 aromatic rings. The quantitative estimate of drug-likeness (QED) is 0.555. The van der Waals surface area contributed by atoms with E-state index in [0.29, 0.717) is 28.9 Å². The number of ether oxygens (including phenoxy) is 1. The van der Waals surface area contributed by atoms with Gasteiger partial charge >= 0.3 is 0 Å². The van der Waals surface area contributed by atoms with Gasteiger partial charge in [-0.3, -0.25) is 9.59 Å². The minimum atomic E-state index is -0.327. The zero-order chi connectivity index (χ0) is 21.5. The average molecular weight is 460 g/mol. The summed E-state index contributed by atoms with van der Waals surface area (Å²) in [6.45, 7) is 2.44. The number of rotatable bonds is 4. The smallest absolute Gasteiger partial charge is 0.280 e. The molecule has 1 aromatic carbocycles. The van der Waals surface area contributed by atoms with Crippen LogP contribution in [0.25, 0.3) is 10.9 Å². The highest BCUT2D eigenvalue weighted by Crippen LogP contribution is 2.25. The van der Waals surface area contributed by atoms with Crippen LogP contribution in [0, 0.1) is 0 Å². The maximum atomic E-state index is 12.8. The number of likely N-dealkylation sites (N-methyl/N-ethyl adjacent to an activating group) is 1. The zero-order valence-electron chi connectivity index (χ0n) is 16.9. The second-order valence-corrected chi connectivity index (χ2v) is 9.51. The second kappa shape index (κ2) is 8.23. The Hall–Kier alpha value is -2.46. The number of nitrogens with zero attached hydrogens (tertiary/aromatic N) is 2. The molecule has 162 valence electrons. The minimum Gasteiger partial charge on any atom is -0.377 e. The van der Waals surface area contributed by atoms with Crippen molar-refractivity contribution in [3.63, 3.8) is 0 Å². The third kappa shape index (κ3) is 4.18. The van der Waals surface area contributed by atoms with E-state index < -0.39 is 0 Å². The number of H-pyrrole nitrogens is 1. The first-order chi connectivity index (χ1) is 15.0. The topological polar surface area (TPSA) is 99.3 Å².